The number of nitrogen functional groups attached to an aromatic ring is 1. The van der Waals surface area contributed by atoms with E-state index in [1.807, 2.05) is 25.8 Å². The summed E-state index contributed by atoms with van der Waals surface area (Å²) in [5.41, 5.74) is 5.60. The highest BCUT2D eigenvalue weighted by Crippen LogP contribution is 2.13. The monoisotopic (exact) mass is 225 g/mol. The van der Waals surface area contributed by atoms with E-state index in [1.54, 1.807) is 0 Å². The summed E-state index contributed by atoms with van der Waals surface area (Å²) in [6.45, 7) is 6.78. The van der Waals surface area contributed by atoms with E-state index in [0.29, 0.717) is 5.95 Å². The Bertz CT molecular complexity index is 342. The van der Waals surface area contributed by atoms with E-state index in [0.717, 1.165) is 13.0 Å². The molecule has 0 bridgehead atoms. The topological polar surface area (TPSA) is 77.2 Å². The minimum Gasteiger partial charge on any atom is -0.461 e. The second-order valence-electron chi connectivity index (χ2n) is 3.86. The van der Waals surface area contributed by atoms with Gasteiger partial charge in [0, 0.05) is 13.6 Å². The lowest BCUT2D eigenvalue weighted by Crippen LogP contribution is -2.22. The molecule has 2 N–H and O–H groups in total. The predicted molar refractivity (Wildman–Crippen MR) is 63.6 cm³/mol. The van der Waals surface area contributed by atoms with Gasteiger partial charge in [-0.2, -0.15) is 15.0 Å². The van der Waals surface area contributed by atoms with Gasteiger partial charge in [-0.15, -0.1) is 0 Å². The Hall–Kier alpha value is -1.59. The fourth-order valence-electron chi connectivity index (χ4n) is 1.23. The predicted octanol–water partition coefficient (Wildman–Crippen LogP) is 1.09. The van der Waals surface area contributed by atoms with E-state index in [-0.39, 0.29) is 18.1 Å². The van der Waals surface area contributed by atoms with Crippen LogP contribution in [0.1, 0.15) is 27.2 Å². The fourth-order valence-corrected chi connectivity index (χ4v) is 1.23. The molecule has 0 saturated heterocycles. The Balaban J connectivity index is 2.89. The molecule has 1 rings (SSSR count). The standard InChI is InChI=1S/C10H19N5O/c1-5-6-15(4)9-12-8(11)13-10(14-9)16-7(2)3/h7H,5-6H2,1-4H3,(H2,11,12,13,14). The maximum atomic E-state index is 5.60. The quantitative estimate of drug-likeness (QED) is 0.808. The third kappa shape index (κ3) is 3.52. The van der Waals surface area contributed by atoms with Crippen molar-refractivity contribution in [3.05, 3.63) is 0 Å². The Morgan fingerprint density at radius 3 is 2.56 bits per heavy atom. The van der Waals surface area contributed by atoms with Crippen molar-refractivity contribution in [1.82, 2.24) is 15.0 Å². The van der Waals surface area contributed by atoms with Gasteiger partial charge in [0.2, 0.25) is 11.9 Å². The fraction of sp³-hybridized carbons (Fsp3) is 0.700. The molecule has 1 heterocycles. The molecule has 0 spiro atoms. The molecule has 6 heteroatoms. The van der Waals surface area contributed by atoms with Crippen LogP contribution < -0.4 is 15.4 Å². The Labute approximate surface area is 95.9 Å². The number of anilines is 2. The second kappa shape index (κ2) is 5.48. The third-order valence-corrected chi connectivity index (χ3v) is 1.86. The average molecular weight is 225 g/mol. The highest BCUT2D eigenvalue weighted by molar-refractivity contribution is 5.34. The van der Waals surface area contributed by atoms with Crippen LogP contribution in [0.15, 0.2) is 0 Å². The number of aromatic nitrogens is 3. The van der Waals surface area contributed by atoms with Crippen LogP contribution in [-0.2, 0) is 0 Å². The van der Waals surface area contributed by atoms with E-state index in [1.165, 1.54) is 0 Å². The van der Waals surface area contributed by atoms with Gasteiger partial charge in [0.05, 0.1) is 6.10 Å². The molecular formula is C10H19N5O. The second-order valence-corrected chi connectivity index (χ2v) is 3.86. The maximum absolute atomic E-state index is 5.60. The first kappa shape index (κ1) is 12.5. The Kier molecular flexibility index (Phi) is 4.28. The molecule has 0 atom stereocenters. The summed E-state index contributed by atoms with van der Waals surface area (Å²) in [6.07, 6.45) is 1.04. The highest BCUT2D eigenvalue weighted by atomic mass is 16.5. The van der Waals surface area contributed by atoms with Gasteiger partial charge in [-0.1, -0.05) is 6.92 Å². The Morgan fingerprint density at radius 1 is 1.31 bits per heavy atom. The van der Waals surface area contributed by atoms with Crippen molar-refractivity contribution in [3.8, 4) is 6.01 Å². The zero-order valence-corrected chi connectivity index (χ0v) is 10.3. The number of hydrogen-bond acceptors (Lipinski definition) is 6. The van der Waals surface area contributed by atoms with Crippen molar-refractivity contribution < 1.29 is 4.74 Å². The molecule has 0 aliphatic rings. The van der Waals surface area contributed by atoms with Gasteiger partial charge >= 0.3 is 6.01 Å². The van der Waals surface area contributed by atoms with Crippen LogP contribution in [0.2, 0.25) is 0 Å². The molecule has 0 aromatic carbocycles. The van der Waals surface area contributed by atoms with E-state index in [2.05, 4.69) is 21.9 Å². The summed E-state index contributed by atoms with van der Waals surface area (Å²) >= 11 is 0. The lowest BCUT2D eigenvalue weighted by atomic mass is 10.4. The van der Waals surface area contributed by atoms with Gasteiger partial charge in [-0.3, -0.25) is 0 Å². The van der Waals surface area contributed by atoms with Crippen molar-refractivity contribution >= 4 is 11.9 Å². The van der Waals surface area contributed by atoms with Crippen LogP contribution in [0.5, 0.6) is 6.01 Å². The normalized spacial score (nSPS) is 10.6. The summed E-state index contributed by atoms with van der Waals surface area (Å²) in [4.78, 5) is 14.1. The zero-order valence-electron chi connectivity index (χ0n) is 10.3. The molecule has 16 heavy (non-hydrogen) atoms. The summed E-state index contributed by atoms with van der Waals surface area (Å²) < 4.78 is 5.40. The van der Waals surface area contributed by atoms with Gasteiger partial charge in [0.1, 0.15) is 0 Å². The molecular weight excluding hydrogens is 206 g/mol. The Morgan fingerprint density at radius 2 is 2.00 bits per heavy atom. The molecule has 0 amide bonds. The first-order chi connectivity index (χ1) is 7.52. The van der Waals surface area contributed by atoms with Gasteiger partial charge in [0.25, 0.3) is 0 Å². The minimum atomic E-state index is 0.0196. The van der Waals surface area contributed by atoms with Gasteiger partial charge in [-0.05, 0) is 20.3 Å². The van der Waals surface area contributed by atoms with Crippen LogP contribution in [0.4, 0.5) is 11.9 Å². The van der Waals surface area contributed by atoms with Gasteiger partial charge < -0.3 is 15.4 Å². The number of nitrogens with zero attached hydrogens (tertiary/aromatic N) is 4. The molecule has 1 aromatic heterocycles. The molecule has 0 aliphatic carbocycles. The van der Waals surface area contributed by atoms with Crippen molar-refractivity contribution in [3.63, 3.8) is 0 Å². The van der Waals surface area contributed by atoms with Crippen molar-refractivity contribution in [1.29, 1.82) is 0 Å². The summed E-state index contributed by atoms with van der Waals surface area (Å²) in [5, 5.41) is 0. The van der Waals surface area contributed by atoms with Crippen LogP contribution in [-0.4, -0.2) is 34.6 Å². The van der Waals surface area contributed by atoms with Crippen LogP contribution >= 0.6 is 0 Å². The molecule has 1 aromatic rings. The number of nitrogens with two attached hydrogens (primary N) is 1. The van der Waals surface area contributed by atoms with E-state index in [4.69, 9.17) is 10.5 Å². The summed E-state index contributed by atoms with van der Waals surface area (Å²) in [6, 6.07) is 0.278. The lowest BCUT2D eigenvalue weighted by molar-refractivity contribution is 0.222. The third-order valence-electron chi connectivity index (χ3n) is 1.86. The number of ether oxygens (including phenoxy) is 1. The van der Waals surface area contributed by atoms with Gasteiger partial charge in [0.15, 0.2) is 0 Å². The van der Waals surface area contributed by atoms with Crippen molar-refractivity contribution in [2.24, 2.45) is 0 Å². The first-order valence-electron chi connectivity index (χ1n) is 5.42. The van der Waals surface area contributed by atoms with Crippen molar-refractivity contribution in [2.45, 2.75) is 33.3 Å². The number of hydrogen-bond donors (Lipinski definition) is 1. The lowest BCUT2D eigenvalue weighted by Gasteiger charge is -2.17. The maximum Gasteiger partial charge on any atom is 0.323 e. The first-order valence-corrected chi connectivity index (χ1v) is 5.42. The van der Waals surface area contributed by atoms with E-state index >= 15 is 0 Å². The molecule has 0 unspecified atom stereocenters. The summed E-state index contributed by atoms with van der Waals surface area (Å²) in [7, 11) is 1.91. The van der Waals surface area contributed by atoms with Crippen LogP contribution in [0, 0.1) is 0 Å². The van der Waals surface area contributed by atoms with E-state index in [9.17, 15) is 0 Å². The minimum absolute atomic E-state index is 0.0196. The summed E-state index contributed by atoms with van der Waals surface area (Å²) in [5.74, 6) is 0.730. The molecule has 6 nitrogen and oxygen atoms in total. The molecule has 0 radical (unpaired) electrons. The number of rotatable bonds is 5. The highest BCUT2D eigenvalue weighted by Gasteiger charge is 2.10. The van der Waals surface area contributed by atoms with Crippen molar-refractivity contribution in [2.75, 3.05) is 24.2 Å². The SMILES string of the molecule is CCCN(C)c1nc(N)nc(OC(C)C)n1. The van der Waals surface area contributed by atoms with Gasteiger partial charge in [-0.25, -0.2) is 0 Å². The van der Waals surface area contributed by atoms with Crippen LogP contribution in [0.25, 0.3) is 0 Å². The smallest absolute Gasteiger partial charge is 0.323 e. The zero-order chi connectivity index (χ0) is 12.1. The molecule has 0 fully saturated rings. The molecule has 0 aliphatic heterocycles. The van der Waals surface area contributed by atoms with Crippen LogP contribution in [0.3, 0.4) is 0 Å². The molecule has 0 saturated carbocycles. The average Bonchev–Trinajstić information content (AvgIpc) is 2.15. The molecule has 90 valence electrons. The largest absolute Gasteiger partial charge is 0.461 e. The van der Waals surface area contributed by atoms with E-state index < -0.39 is 0 Å².